The average Bonchev–Trinajstić information content (AvgIpc) is 2.82. The molecule has 1 aromatic rings. The summed E-state index contributed by atoms with van der Waals surface area (Å²) in [5.41, 5.74) is 0. The molecule has 2 saturated heterocycles. The normalized spacial score (nSPS) is 28.2. The molecule has 0 amide bonds. The third-order valence-electron chi connectivity index (χ3n) is 3.76. The summed E-state index contributed by atoms with van der Waals surface area (Å²) in [6.45, 7) is 3.41. The summed E-state index contributed by atoms with van der Waals surface area (Å²) in [5.74, 6) is 1.89. The number of anilines is 1. The van der Waals surface area contributed by atoms with Gasteiger partial charge in [0, 0.05) is 25.2 Å². The lowest BCUT2D eigenvalue weighted by atomic mass is 9.94. The molecule has 0 spiro atoms. The van der Waals surface area contributed by atoms with Gasteiger partial charge in [-0.15, -0.1) is 11.8 Å². The van der Waals surface area contributed by atoms with Gasteiger partial charge >= 0.3 is 0 Å². The van der Waals surface area contributed by atoms with Gasteiger partial charge in [0.25, 0.3) is 0 Å². The van der Waals surface area contributed by atoms with Crippen molar-refractivity contribution in [1.29, 1.82) is 0 Å². The van der Waals surface area contributed by atoms with Crippen molar-refractivity contribution in [3.8, 4) is 0 Å². The van der Waals surface area contributed by atoms with Gasteiger partial charge in [-0.3, -0.25) is 0 Å². The topological polar surface area (TPSA) is 41.0 Å². The highest BCUT2D eigenvalue weighted by molar-refractivity contribution is 7.98. The summed E-state index contributed by atoms with van der Waals surface area (Å²) in [4.78, 5) is 11.0. The molecule has 3 rings (SSSR count). The highest BCUT2D eigenvalue weighted by atomic mass is 32.2. The van der Waals surface area contributed by atoms with E-state index in [4.69, 9.17) is 0 Å². The summed E-state index contributed by atoms with van der Waals surface area (Å²) in [7, 11) is 0. The maximum Gasteiger partial charge on any atom is 0.133 e. The van der Waals surface area contributed by atoms with Gasteiger partial charge in [0.1, 0.15) is 17.2 Å². The SMILES string of the molecule is CSc1cc(N2CC3CCCNC3C2)ncn1. The van der Waals surface area contributed by atoms with Crippen molar-refractivity contribution in [2.75, 3.05) is 30.8 Å². The Balaban J connectivity index is 1.76. The van der Waals surface area contributed by atoms with Crippen LogP contribution in [-0.2, 0) is 0 Å². The van der Waals surface area contributed by atoms with Crippen LogP contribution in [0, 0.1) is 5.92 Å². The Hall–Kier alpha value is -0.810. The molecule has 5 heteroatoms. The number of hydrogen-bond acceptors (Lipinski definition) is 5. The number of rotatable bonds is 2. The van der Waals surface area contributed by atoms with E-state index < -0.39 is 0 Å². The largest absolute Gasteiger partial charge is 0.355 e. The zero-order chi connectivity index (χ0) is 11.7. The van der Waals surface area contributed by atoms with E-state index in [1.165, 1.54) is 19.4 Å². The van der Waals surface area contributed by atoms with Crippen molar-refractivity contribution >= 4 is 17.6 Å². The van der Waals surface area contributed by atoms with E-state index >= 15 is 0 Å². The van der Waals surface area contributed by atoms with Crippen LogP contribution in [0.15, 0.2) is 17.4 Å². The summed E-state index contributed by atoms with van der Waals surface area (Å²) < 4.78 is 0. The number of aromatic nitrogens is 2. The second-order valence-electron chi connectivity index (χ2n) is 4.79. The van der Waals surface area contributed by atoms with E-state index in [0.717, 1.165) is 29.9 Å². The lowest BCUT2D eigenvalue weighted by Gasteiger charge is -2.24. The quantitative estimate of drug-likeness (QED) is 0.634. The molecule has 0 bridgehead atoms. The minimum Gasteiger partial charge on any atom is -0.355 e. The van der Waals surface area contributed by atoms with Gasteiger partial charge < -0.3 is 10.2 Å². The molecule has 1 N–H and O–H groups in total. The first-order valence-electron chi connectivity index (χ1n) is 6.21. The molecule has 0 radical (unpaired) electrons. The first-order chi connectivity index (χ1) is 8.36. The van der Waals surface area contributed by atoms with E-state index in [0.29, 0.717) is 6.04 Å². The first-order valence-corrected chi connectivity index (χ1v) is 7.43. The van der Waals surface area contributed by atoms with Crippen LogP contribution in [0.1, 0.15) is 12.8 Å². The molecular formula is C12H18N4S. The molecule has 17 heavy (non-hydrogen) atoms. The smallest absolute Gasteiger partial charge is 0.133 e. The average molecular weight is 250 g/mol. The van der Waals surface area contributed by atoms with Crippen LogP contribution in [0.2, 0.25) is 0 Å². The number of nitrogens with one attached hydrogen (secondary N) is 1. The molecule has 1 aromatic heterocycles. The fourth-order valence-electron chi connectivity index (χ4n) is 2.85. The van der Waals surface area contributed by atoms with Gasteiger partial charge in [0.05, 0.1) is 0 Å². The van der Waals surface area contributed by atoms with Gasteiger partial charge in [-0.05, 0) is 31.6 Å². The zero-order valence-corrected chi connectivity index (χ0v) is 10.9. The molecule has 3 heterocycles. The van der Waals surface area contributed by atoms with Crippen LogP contribution in [0.5, 0.6) is 0 Å². The maximum absolute atomic E-state index is 4.40. The van der Waals surface area contributed by atoms with E-state index in [1.807, 2.05) is 0 Å². The molecule has 0 saturated carbocycles. The van der Waals surface area contributed by atoms with E-state index in [2.05, 4.69) is 32.5 Å². The highest BCUT2D eigenvalue weighted by Gasteiger charge is 2.34. The minimum atomic E-state index is 0.663. The second-order valence-corrected chi connectivity index (χ2v) is 5.61. The summed E-state index contributed by atoms with van der Waals surface area (Å²) in [6, 6.07) is 2.76. The van der Waals surface area contributed by atoms with Crippen molar-refractivity contribution in [2.45, 2.75) is 23.9 Å². The molecule has 2 aliphatic heterocycles. The van der Waals surface area contributed by atoms with Crippen LogP contribution in [0.3, 0.4) is 0 Å². The molecule has 2 aliphatic rings. The Labute approximate surface area is 106 Å². The van der Waals surface area contributed by atoms with Crippen LogP contribution >= 0.6 is 11.8 Å². The maximum atomic E-state index is 4.40. The number of nitrogens with zero attached hydrogens (tertiary/aromatic N) is 3. The molecule has 4 nitrogen and oxygen atoms in total. The van der Waals surface area contributed by atoms with Crippen molar-refractivity contribution in [2.24, 2.45) is 5.92 Å². The first kappa shape index (κ1) is 11.3. The lowest BCUT2D eigenvalue weighted by molar-refractivity contribution is 0.340. The Kier molecular flexibility index (Phi) is 3.20. The van der Waals surface area contributed by atoms with Crippen molar-refractivity contribution in [3.05, 3.63) is 12.4 Å². The van der Waals surface area contributed by atoms with Crippen LogP contribution in [0.25, 0.3) is 0 Å². The van der Waals surface area contributed by atoms with Crippen molar-refractivity contribution in [1.82, 2.24) is 15.3 Å². The predicted octanol–water partition coefficient (Wildman–Crippen LogP) is 1.39. The van der Waals surface area contributed by atoms with Crippen molar-refractivity contribution in [3.63, 3.8) is 0 Å². The third kappa shape index (κ3) is 2.26. The number of thioether (sulfide) groups is 1. The molecule has 2 atom stereocenters. The zero-order valence-electron chi connectivity index (χ0n) is 10.1. The van der Waals surface area contributed by atoms with E-state index in [-0.39, 0.29) is 0 Å². The van der Waals surface area contributed by atoms with Gasteiger partial charge in [-0.25, -0.2) is 9.97 Å². The summed E-state index contributed by atoms with van der Waals surface area (Å²) in [6.07, 6.45) is 6.40. The number of fused-ring (bicyclic) bond motifs is 1. The van der Waals surface area contributed by atoms with E-state index in [1.54, 1.807) is 18.1 Å². The number of piperidine rings is 1. The van der Waals surface area contributed by atoms with Crippen LogP contribution in [0.4, 0.5) is 5.82 Å². The third-order valence-corrected chi connectivity index (χ3v) is 4.40. The lowest BCUT2D eigenvalue weighted by Crippen LogP contribution is -2.40. The van der Waals surface area contributed by atoms with Gasteiger partial charge in [0.2, 0.25) is 0 Å². The van der Waals surface area contributed by atoms with Crippen LogP contribution < -0.4 is 10.2 Å². The Bertz CT molecular complexity index is 384. The Morgan fingerprint density at radius 3 is 3.18 bits per heavy atom. The van der Waals surface area contributed by atoms with Gasteiger partial charge in [-0.1, -0.05) is 0 Å². The molecular weight excluding hydrogens is 232 g/mol. The molecule has 0 aliphatic carbocycles. The molecule has 0 aromatic carbocycles. The van der Waals surface area contributed by atoms with Crippen LogP contribution in [-0.4, -0.2) is 41.9 Å². The standard InChI is InChI=1S/C12H18N4S/c1-17-12-5-11(14-8-15-12)16-6-9-3-2-4-13-10(9)7-16/h5,8-10,13H,2-4,6-7H2,1H3. The van der Waals surface area contributed by atoms with Crippen molar-refractivity contribution < 1.29 is 0 Å². The van der Waals surface area contributed by atoms with E-state index in [9.17, 15) is 0 Å². The van der Waals surface area contributed by atoms with Gasteiger partial charge in [0.15, 0.2) is 0 Å². The Morgan fingerprint density at radius 2 is 2.35 bits per heavy atom. The molecule has 2 unspecified atom stereocenters. The fraction of sp³-hybridized carbons (Fsp3) is 0.667. The summed E-state index contributed by atoms with van der Waals surface area (Å²) in [5, 5.41) is 4.67. The van der Waals surface area contributed by atoms with Gasteiger partial charge in [-0.2, -0.15) is 0 Å². The highest BCUT2D eigenvalue weighted by Crippen LogP contribution is 2.28. The Morgan fingerprint density at radius 1 is 1.41 bits per heavy atom. The minimum absolute atomic E-state index is 0.663. The number of hydrogen-bond donors (Lipinski definition) is 1. The second kappa shape index (κ2) is 4.82. The monoisotopic (exact) mass is 250 g/mol. The molecule has 2 fully saturated rings. The molecule has 92 valence electrons. The fourth-order valence-corrected chi connectivity index (χ4v) is 3.22. The predicted molar refractivity (Wildman–Crippen MR) is 70.5 cm³/mol. The summed E-state index contributed by atoms with van der Waals surface area (Å²) >= 11 is 1.67.